The van der Waals surface area contributed by atoms with Gasteiger partial charge in [-0.25, -0.2) is 0 Å². The Morgan fingerprint density at radius 3 is 1.42 bits per heavy atom. The Hall–Kier alpha value is -0.570. The predicted octanol–water partition coefficient (Wildman–Crippen LogP) is 6.24. The van der Waals surface area contributed by atoms with Crippen molar-refractivity contribution in [3.8, 4) is 0 Å². The minimum Gasteiger partial charge on any atom is -0.469 e. The van der Waals surface area contributed by atoms with Crippen LogP contribution in [0.15, 0.2) is 0 Å². The Kier molecular flexibility index (Phi) is 20.1. The van der Waals surface area contributed by atoms with E-state index in [0.717, 1.165) is 13.0 Å². The maximum absolute atomic E-state index is 10.8. The fourth-order valence-electron chi connectivity index (χ4n) is 2.41. The highest BCUT2D eigenvalue weighted by atomic mass is 16.5. The number of rotatable bonds is 14. The molecule has 0 heterocycles. The number of nitrogens with two attached hydrogens (primary N) is 1. The van der Waals surface area contributed by atoms with E-state index >= 15 is 0 Å². The van der Waals surface area contributed by atoms with E-state index in [9.17, 15) is 4.79 Å². The number of esters is 1. The van der Waals surface area contributed by atoms with Gasteiger partial charge in [-0.15, -0.1) is 0 Å². The maximum Gasteiger partial charge on any atom is 0.311 e. The maximum atomic E-state index is 10.8. The van der Waals surface area contributed by atoms with E-state index in [1.54, 1.807) is 0 Å². The second-order valence-electron chi connectivity index (χ2n) is 7.41. The van der Waals surface area contributed by atoms with Crippen molar-refractivity contribution in [2.75, 3.05) is 13.7 Å². The van der Waals surface area contributed by atoms with Crippen LogP contribution in [0.5, 0.6) is 0 Å². The third kappa shape index (κ3) is 17.8. The molecular formula is C21H45NO2. The lowest BCUT2D eigenvalue weighted by Crippen LogP contribution is -2.24. The Morgan fingerprint density at radius 2 is 1.17 bits per heavy atom. The van der Waals surface area contributed by atoms with E-state index in [0.29, 0.717) is 0 Å². The van der Waals surface area contributed by atoms with Crippen molar-refractivity contribution in [2.24, 2.45) is 11.1 Å². The molecular weight excluding hydrogens is 298 g/mol. The molecule has 0 amide bonds. The van der Waals surface area contributed by atoms with Gasteiger partial charge < -0.3 is 10.5 Å². The standard InChI is InChI=1S/C14H31N.C7H14O2/c1-2-3-4-5-6-7-8-9-10-11-12-13-14-15;1-5-7(2,3)6(8)9-4/h2-15H2,1H3;5H2,1-4H3. The summed E-state index contributed by atoms with van der Waals surface area (Å²) in [5, 5.41) is 0. The molecule has 0 saturated heterocycles. The molecule has 0 aromatic carbocycles. The summed E-state index contributed by atoms with van der Waals surface area (Å²) in [6, 6.07) is 0. The van der Waals surface area contributed by atoms with Crippen molar-refractivity contribution < 1.29 is 9.53 Å². The first-order valence-electron chi connectivity index (χ1n) is 10.2. The Bertz CT molecular complexity index is 253. The quantitative estimate of drug-likeness (QED) is 0.300. The third-order valence-corrected chi connectivity index (χ3v) is 4.68. The Balaban J connectivity index is 0. The zero-order chi connectivity index (χ0) is 18.7. The number of methoxy groups -OCH3 is 1. The summed E-state index contributed by atoms with van der Waals surface area (Å²) in [6.45, 7) is 8.87. The largest absolute Gasteiger partial charge is 0.469 e. The highest BCUT2D eigenvalue weighted by molar-refractivity contribution is 5.75. The molecule has 0 bridgehead atoms. The number of carbonyl (C=O) groups excluding carboxylic acids is 1. The highest BCUT2D eigenvalue weighted by Gasteiger charge is 2.25. The van der Waals surface area contributed by atoms with Crippen LogP contribution in [-0.4, -0.2) is 19.6 Å². The lowest BCUT2D eigenvalue weighted by molar-refractivity contribution is -0.150. The molecule has 0 radical (unpaired) electrons. The first-order valence-corrected chi connectivity index (χ1v) is 10.2. The average Bonchev–Trinajstić information content (AvgIpc) is 2.59. The minimum absolute atomic E-state index is 0.134. The SMILES string of the molecule is CCC(C)(C)C(=O)OC.CCCCCCCCCCCCCCN. The van der Waals surface area contributed by atoms with E-state index in [1.165, 1.54) is 84.2 Å². The van der Waals surface area contributed by atoms with Crippen LogP contribution in [-0.2, 0) is 9.53 Å². The summed E-state index contributed by atoms with van der Waals surface area (Å²) in [6.07, 6.45) is 17.7. The van der Waals surface area contributed by atoms with Gasteiger partial charge in [0.15, 0.2) is 0 Å². The second kappa shape index (κ2) is 18.8. The Labute approximate surface area is 152 Å². The van der Waals surface area contributed by atoms with Gasteiger partial charge in [0.25, 0.3) is 0 Å². The summed E-state index contributed by atoms with van der Waals surface area (Å²) in [5.41, 5.74) is 5.14. The molecule has 0 rings (SSSR count). The molecule has 0 atom stereocenters. The van der Waals surface area contributed by atoms with Crippen LogP contribution in [0.2, 0.25) is 0 Å². The summed E-state index contributed by atoms with van der Waals surface area (Å²) in [7, 11) is 1.42. The molecule has 3 heteroatoms. The van der Waals surface area contributed by atoms with Crippen molar-refractivity contribution >= 4 is 5.97 Å². The zero-order valence-electron chi connectivity index (χ0n) is 17.3. The molecule has 0 unspecified atom stereocenters. The number of ether oxygens (including phenoxy) is 1. The minimum atomic E-state index is -0.311. The van der Waals surface area contributed by atoms with Crippen LogP contribution in [0.25, 0.3) is 0 Å². The molecule has 0 aromatic heterocycles. The second-order valence-corrected chi connectivity index (χ2v) is 7.41. The van der Waals surface area contributed by atoms with E-state index in [4.69, 9.17) is 5.73 Å². The van der Waals surface area contributed by atoms with Gasteiger partial charge in [-0.1, -0.05) is 84.5 Å². The first kappa shape index (κ1) is 25.7. The van der Waals surface area contributed by atoms with Gasteiger partial charge in [0, 0.05) is 0 Å². The van der Waals surface area contributed by atoms with Gasteiger partial charge in [0.2, 0.25) is 0 Å². The van der Waals surface area contributed by atoms with Crippen LogP contribution >= 0.6 is 0 Å². The molecule has 0 aliphatic heterocycles. The first-order chi connectivity index (χ1) is 11.5. The third-order valence-electron chi connectivity index (χ3n) is 4.68. The molecule has 0 aromatic rings. The molecule has 146 valence electrons. The number of hydrogen-bond acceptors (Lipinski definition) is 3. The van der Waals surface area contributed by atoms with Crippen LogP contribution in [0, 0.1) is 5.41 Å². The van der Waals surface area contributed by atoms with E-state index in [2.05, 4.69) is 11.7 Å². The molecule has 0 saturated carbocycles. The topological polar surface area (TPSA) is 52.3 Å². The summed E-state index contributed by atoms with van der Waals surface area (Å²) in [4.78, 5) is 10.8. The van der Waals surface area contributed by atoms with Crippen molar-refractivity contribution in [2.45, 2.75) is 111 Å². The van der Waals surface area contributed by atoms with Gasteiger partial charge >= 0.3 is 5.97 Å². The molecule has 3 nitrogen and oxygen atoms in total. The molecule has 24 heavy (non-hydrogen) atoms. The normalized spacial score (nSPS) is 10.9. The van der Waals surface area contributed by atoms with Gasteiger partial charge in [-0.3, -0.25) is 4.79 Å². The molecule has 0 fully saturated rings. The van der Waals surface area contributed by atoms with Gasteiger partial charge in [-0.2, -0.15) is 0 Å². The fourth-order valence-corrected chi connectivity index (χ4v) is 2.41. The van der Waals surface area contributed by atoms with E-state index < -0.39 is 0 Å². The highest BCUT2D eigenvalue weighted by Crippen LogP contribution is 2.20. The van der Waals surface area contributed by atoms with Crippen LogP contribution < -0.4 is 5.73 Å². The van der Waals surface area contributed by atoms with E-state index in [1.807, 2.05) is 20.8 Å². The number of hydrogen-bond donors (Lipinski definition) is 1. The van der Waals surface area contributed by atoms with Crippen LogP contribution in [0.3, 0.4) is 0 Å². The predicted molar refractivity (Wildman–Crippen MR) is 106 cm³/mol. The van der Waals surface area contributed by atoms with Crippen molar-refractivity contribution in [1.29, 1.82) is 0 Å². The van der Waals surface area contributed by atoms with E-state index in [-0.39, 0.29) is 11.4 Å². The fraction of sp³-hybridized carbons (Fsp3) is 0.952. The van der Waals surface area contributed by atoms with Crippen LogP contribution in [0.1, 0.15) is 111 Å². The smallest absolute Gasteiger partial charge is 0.311 e. The van der Waals surface area contributed by atoms with Crippen molar-refractivity contribution in [3.05, 3.63) is 0 Å². The zero-order valence-corrected chi connectivity index (χ0v) is 17.3. The summed E-state index contributed by atoms with van der Waals surface area (Å²) < 4.78 is 4.57. The molecule has 0 spiro atoms. The lowest BCUT2D eigenvalue weighted by atomic mass is 9.91. The van der Waals surface area contributed by atoms with Crippen molar-refractivity contribution in [1.82, 2.24) is 0 Å². The van der Waals surface area contributed by atoms with Gasteiger partial charge in [0.05, 0.1) is 12.5 Å². The van der Waals surface area contributed by atoms with Crippen molar-refractivity contribution in [3.63, 3.8) is 0 Å². The Morgan fingerprint density at radius 1 is 0.792 bits per heavy atom. The summed E-state index contributed by atoms with van der Waals surface area (Å²) in [5.74, 6) is -0.134. The molecule has 0 aliphatic carbocycles. The van der Waals surface area contributed by atoms with Gasteiger partial charge in [-0.05, 0) is 33.2 Å². The summed E-state index contributed by atoms with van der Waals surface area (Å²) >= 11 is 0. The molecule has 0 aliphatic rings. The monoisotopic (exact) mass is 343 g/mol. The number of carbonyl (C=O) groups is 1. The number of unbranched alkanes of at least 4 members (excludes halogenated alkanes) is 11. The van der Waals surface area contributed by atoms with Gasteiger partial charge in [0.1, 0.15) is 0 Å². The van der Waals surface area contributed by atoms with Crippen LogP contribution in [0.4, 0.5) is 0 Å². The molecule has 2 N–H and O–H groups in total. The lowest BCUT2D eigenvalue weighted by Gasteiger charge is -2.17. The average molecular weight is 344 g/mol.